The number of carboxylic acid groups (broad SMARTS) is 1. The van der Waals surface area contributed by atoms with Gasteiger partial charge in [-0.3, -0.25) is 4.68 Å². The van der Waals surface area contributed by atoms with Crippen molar-refractivity contribution in [1.29, 1.82) is 0 Å². The van der Waals surface area contributed by atoms with Gasteiger partial charge in [-0.1, -0.05) is 32.6 Å². The first-order valence-electron chi connectivity index (χ1n) is 7.87. The third-order valence-electron chi connectivity index (χ3n) is 4.53. The number of hydrogen-bond donors (Lipinski definition) is 1. The largest absolute Gasteiger partial charge is 0.477 e. The zero-order chi connectivity index (χ0) is 15.0. The van der Waals surface area contributed by atoms with Gasteiger partial charge in [-0.15, -0.1) is 11.3 Å². The summed E-state index contributed by atoms with van der Waals surface area (Å²) < 4.78 is 2.13. The monoisotopic (exact) mass is 306 g/mol. The van der Waals surface area contributed by atoms with Crippen LogP contribution in [0.25, 0.3) is 10.2 Å². The van der Waals surface area contributed by atoms with Gasteiger partial charge in [0.15, 0.2) is 0 Å². The summed E-state index contributed by atoms with van der Waals surface area (Å²) in [6.45, 7) is 4.03. The second kappa shape index (κ2) is 5.79. The first-order chi connectivity index (χ1) is 10.1. The van der Waals surface area contributed by atoms with Crippen LogP contribution in [-0.2, 0) is 6.42 Å². The zero-order valence-electron chi connectivity index (χ0n) is 12.7. The molecule has 0 spiro atoms. The van der Waals surface area contributed by atoms with E-state index in [1.54, 1.807) is 0 Å². The number of rotatable bonds is 3. The van der Waals surface area contributed by atoms with Gasteiger partial charge in [-0.2, -0.15) is 5.10 Å². The minimum absolute atomic E-state index is 0.439. The van der Waals surface area contributed by atoms with Crippen LogP contribution in [-0.4, -0.2) is 20.9 Å². The van der Waals surface area contributed by atoms with E-state index in [-0.39, 0.29) is 0 Å². The van der Waals surface area contributed by atoms with Crippen LogP contribution in [0.2, 0.25) is 0 Å². The summed E-state index contributed by atoms with van der Waals surface area (Å²) in [6.07, 6.45) is 8.20. The smallest absolute Gasteiger partial charge is 0.346 e. The van der Waals surface area contributed by atoms with Gasteiger partial charge in [0.25, 0.3) is 0 Å². The fraction of sp³-hybridized carbons (Fsp3) is 0.625. The number of aryl methyl sites for hydroxylation is 2. The Morgan fingerprint density at radius 3 is 2.57 bits per heavy atom. The van der Waals surface area contributed by atoms with Crippen molar-refractivity contribution in [3.63, 3.8) is 0 Å². The molecule has 5 heteroatoms. The molecule has 2 heterocycles. The Morgan fingerprint density at radius 1 is 1.33 bits per heavy atom. The lowest BCUT2D eigenvalue weighted by molar-refractivity contribution is 0.0701. The lowest BCUT2D eigenvalue weighted by Crippen LogP contribution is -2.09. The van der Waals surface area contributed by atoms with E-state index >= 15 is 0 Å². The molecular formula is C16H22N2O2S. The molecule has 2 aromatic rings. The molecule has 0 saturated heterocycles. The summed E-state index contributed by atoms with van der Waals surface area (Å²) in [4.78, 5) is 13.0. The molecule has 1 aliphatic carbocycles. The number of fused-ring (bicyclic) bond motifs is 1. The first kappa shape index (κ1) is 14.6. The van der Waals surface area contributed by atoms with E-state index in [4.69, 9.17) is 5.10 Å². The molecule has 0 aliphatic heterocycles. The van der Waals surface area contributed by atoms with E-state index in [1.807, 2.05) is 13.8 Å². The van der Waals surface area contributed by atoms with Crippen LogP contribution < -0.4 is 0 Å². The highest BCUT2D eigenvalue weighted by Gasteiger charge is 2.25. The van der Waals surface area contributed by atoms with Gasteiger partial charge >= 0.3 is 5.97 Å². The number of nitrogens with zero attached hydrogens (tertiary/aromatic N) is 2. The van der Waals surface area contributed by atoms with E-state index < -0.39 is 5.97 Å². The van der Waals surface area contributed by atoms with Gasteiger partial charge in [-0.25, -0.2) is 4.79 Å². The third-order valence-corrected chi connectivity index (χ3v) is 5.74. The summed E-state index contributed by atoms with van der Waals surface area (Å²) in [5.41, 5.74) is 1.94. The molecule has 21 heavy (non-hydrogen) atoms. The topological polar surface area (TPSA) is 55.1 Å². The maximum Gasteiger partial charge on any atom is 0.346 e. The minimum atomic E-state index is -0.806. The highest BCUT2D eigenvalue weighted by Crippen LogP contribution is 2.38. The Hall–Kier alpha value is -1.36. The number of hydrogen-bond acceptors (Lipinski definition) is 3. The predicted octanol–water partition coefficient (Wildman–Crippen LogP) is 4.56. The standard InChI is InChI=1S/C16H22N2O2S/c1-3-12-13-10(2)17-18(11-8-6-4-5-7-9-11)15(13)21-14(12)16(19)20/h11H,3-9H2,1-2H3,(H,19,20). The molecule has 1 N–H and O–H groups in total. The lowest BCUT2D eigenvalue weighted by atomic mass is 10.1. The molecule has 3 rings (SSSR count). The minimum Gasteiger partial charge on any atom is -0.477 e. The van der Waals surface area contributed by atoms with Crippen molar-refractivity contribution >= 4 is 27.5 Å². The van der Waals surface area contributed by atoms with Crippen molar-refractivity contribution in [2.75, 3.05) is 0 Å². The SMILES string of the molecule is CCc1c(C(=O)O)sc2c1c(C)nn2C1CCCCCC1. The van der Waals surface area contributed by atoms with E-state index in [0.29, 0.717) is 10.9 Å². The Morgan fingerprint density at radius 2 is 2.00 bits per heavy atom. The highest BCUT2D eigenvalue weighted by atomic mass is 32.1. The van der Waals surface area contributed by atoms with Crippen molar-refractivity contribution in [1.82, 2.24) is 9.78 Å². The molecular weight excluding hydrogens is 284 g/mol. The van der Waals surface area contributed by atoms with Crippen molar-refractivity contribution in [2.45, 2.75) is 64.8 Å². The normalized spacial score (nSPS) is 17.2. The first-order valence-corrected chi connectivity index (χ1v) is 8.69. The van der Waals surface area contributed by atoms with Crippen LogP contribution in [0.3, 0.4) is 0 Å². The van der Waals surface area contributed by atoms with Gasteiger partial charge in [0.2, 0.25) is 0 Å². The Balaban J connectivity index is 2.13. The Labute approximate surface area is 128 Å². The van der Waals surface area contributed by atoms with Gasteiger partial charge < -0.3 is 5.11 Å². The van der Waals surface area contributed by atoms with E-state index in [1.165, 1.54) is 37.0 Å². The van der Waals surface area contributed by atoms with Crippen LogP contribution in [0.4, 0.5) is 0 Å². The van der Waals surface area contributed by atoms with Crippen LogP contribution in [0, 0.1) is 6.92 Å². The molecule has 0 unspecified atom stereocenters. The maximum atomic E-state index is 11.5. The Bertz CT molecular complexity index is 663. The number of carboxylic acids is 1. The van der Waals surface area contributed by atoms with Crippen molar-refractivity contribution in [2.24, 2.45) is 0 Å². The predicted molar refractivity (Wildman–Crippen MR) is 85.4 cm³/mol. The average Bonchev–Trinajstić information content (AvgIpc) is 2.85. The molecule has 0 aromatic carbocycles. The van der Waals surface area contributed by atoms with Crippen LogP contribution in [0.5, 0.6) is 0 Å². The summed E-state index contributed by atoms with van der Waals surface area (Å²) >= 11 is 1.41. The van der Waals surface area contributed by atoms with Crippen LogP contribution in [0.1, 0.15) is 72.4 Å². The molecule has 1 aliphatic rings. The Kier molecular flexibility index (Phi) is 4.02. The van der Waals surface area contributed by atoms with E-state index in [2.05, 4.69) is 4.68 Å². The highest BCUT2D eigenvalue weighted by molar-refractivity contribution is 7.20. The third kappa shape index (κ3) is 2.48. The zero-order valence-corrected chi connectivity index (χ0v) is 13.5. The van der Waals surface area contributed by atoms with Crippen molar-refractivity contribution < 1.29 is 9.90 Å². The molecule has 4 nitrogen and oxygen atoms in total. The molecule has 1 saturated carbocycles. The molecule has 1 fully saturated rings. The molecule has 0 bridgehead atoms. The van der Waals surface area contributed by atoms with Crippen molar-refractivity contribution in [3.05, 3.63) is 16.1 Å². The molecule has 0 amide bonds. The molecule has 0 atom stereocenters. The quantitative estimate of drug-likeness (QED) is 0.846. The van der Waals surface area contributed by atoms with Crippen LogP contribution in [0.15, 0.2) is 0 Å². The summed E-state index contributed by atoms with van der Waals surface area (Å²) in [7, 11) is 0. The number of carbonyl (C=O) groups is 1. The van der Waals surface area contributed by atoms with Crippen LogP contribution >= 0.6 is 11.3 Å². The summed E-state index contributed by atoms with van der Waals surface area (Å²) in [5, 5.41) is 15.3. The molecule has 2 aromatic heterocycles. The molecule has 0 radical (unpaired) electrons. The van der Waals surface area contributed by atoms with Gasteiger partial charge in [0.1, 0.15) is 9.71 Å². The van der Waals surface area contributed by atoms with E-state index in [9.17, 15) is 9.90 Å². The van der Waals surface area contributed by atoms with Crippen molar-refractivity contribution in [3.8, 4) is 0 Å². The number of thiophene rings is 1. The fourth-order valence-corrected chi connectivity index (χ4v) is 4.81. The second-order valence-corrected chi connectivity index (χ2v) is 6.92. The lowest BCUT2D eigenvalue weighted by Gasteiger charge is -2.15. The summed E-state index contributed by atoms with van der Waals surface area (Å²) in [5.74, 6) is -0.806. The number of aromatic nitrogens is 2. The van der Waals surface area contributed by atoms with Gasteiger partial charge in [-0.05, 0) is 31.7 Å². The fourth-order valence-electron chi connectivity index (χ4n) is 3.50. The van der Waals surface area contributed by atoms with Gasteiger partial charge in [0.05, 0.1) is 11.7 Å². The van der Waals surface area contributed by atoms with Gasteiger partial charge in [0, 0.05) is 5.39 Å². The number of aromatic carboxylic acids is 1. The second-order valence-electron chi connectivity index (χ2n) is 5.92. The maximum absolute atomic E-state index is 11.5. The summed E-state index contributed by atoms with van der Waals surface area (Å²) in [6, 6.07) is 0.439. The average molecular weight is 306 g/mol. The van der Waals surface area contributed by atoms with E-state index in [0.717, 1.165) is 40.7 Å². The molecule has 114 valence electrons.